The first-order valence-corrected chi connectivity index (χ1v) is 1.55. The summed E-state index contributed by atoms with van der Waals surface area (Å²) in [5, 5.41) is 31.4. The third-order valence-electron chi connectivity index (χ3n) is 0.397. The summed E-state index contributed by atoms with van der Waals surface area (Å²) in [5.74, 6) is -3.17. The minimum absolute atomic E-state index is 0. The van der Waals surface area contributed by atoms with Gasteiger partial charge in [-0.1, -0.05) is 0 Å². The van der Waals surface area contributed by atoms with Gasteiger partial charge in [0.1, 0.15) is 0 Å². The van der Waals surface area contributed by atoms with Gasteiger partial charge in [0.2, 0.25) is 0 Å². The van der Waals surface area contributed by atoms with Crippen LogP contribution in [-0.2, 0) is 0 Å². The van der Waals surface area contributed by atoms with E-state index < -0.39 is 12.2 Å². The molecule has 0 heterocycles. The molecule has 6 nitrogen and oxygen atoms in total. The van der Waals surface area contributed by atoms with Crippen LogP contribution in [-0.4, -0.2) is 38.1 Å². The maximum Gasteiger partial charge on any atom is 0.317 e. The number of hydrogen-bond acceptors (Lipinski definition) is 5. The van der Waals surface area contributed by atoms with E-state index in [-0.39, 0.29) is 5.48 Å². The Kier molecular flexibility index (Phi) is 3.90. The topological polar surface area (TPSA) is 138 Å². The molecule has 0 amide bonds. The molecular formula is C2H9NO5. The smallest absolute Gasteiger partial charge is 0.317 e. The molecule has 0 rings (SSSR count). The lowest BCUT2D eigenvalue weighted by molar-refractivity contribution is -0.353. The zero-order chi connectivity index (χ0) is 6.08. The van der Waals surface area contributed by atoms with Crippen molar-refractivity contribution in [2.75, 3.05) is 0 Å². The van der Waals surface area contributed by atoms with Gasteiger partial charge in [-0.25, -0.2) is 0 Å². The van der Waals surface area contributed by atoms with Gasteiger partial charge in [-0.15, -0.1) is 0 Å². The van der Waals surface area contributed by atoms with Crippen molar-refractivity contribution >= 4 is 0 Å². The first-order valence-electron chi connectivity index (χ1n) is 1.55. The minimum Gasteiger partial charge on any atom is -0.412 e. The third kappa shape index (κ3) is 3.93. The van der Waals surface area contributed by atoms with Crippen molar-refractivity contribution in [2.24, 2.45) is 5.73 Å². The molecule has 0 aromatic heterocycles. The third-order valence-corrected chi connectivity index (χ3v) is 0.397. The summed E-state index contributed by atoms with van der Waals surface area (Å²) in [7, 11) is 0. The van der Waals surface area contributed by atoms with Crippen molar-refractivity contribution in [3.8, 4) is 0 Å². The fourth-order valence-electron chi connectivity index (χ4n) is 0. The summed E-state index contributed by atoms with van der Waals surface area (Å²) in [6, 6.07) is 0. The van der Waals surface area contributed by atoms with Gasteiger partial charge in [-0.2, -0.15) is 0 Å². The highest BCUT2D eigenvalue weighted by Crippen LogP contribution is 1.92. The van der Waals surface area contributed by atoms with Crippen LogP contribution < -0.4 is 5.73 Å². The normalized spacial score (nSPS) is 14.6. The van der Waals surface area contributed by atoms with Gasteiger partial charge in [0.15, 0.2) is 6.23 Å². The molecule has 8 heavy (non-hydrogen) atoms. The predicted octanol–water partition coefficient (Wildman–Crippen LogP) is -3.93. The second-order valence-electron chi connectivity index (χ2n) is 1.13. The van der Waals surface area contributed by atoms with E-state index in [0.717, 1.165) is 0 Å². The first kappa shape index (κ1) is 10.7. The Bertz CT molecular complexity index is 55.9. The second kappa shape index (κ2) is 2.92. The number of aliphatic hydroxyl groups is 4. The monoisotopic (exact) mass is 127 g/mol. The van der Waals surface area contributed by atoms with E-state index in [2.05, 4.69) is 5.73 Å². The molecule has 0 aliphatic heterocycles. The van der Waals surface area contributed by atoms with Crippen LogP contribution in [0.1, 0.15) is 0 Å². The van der Waals surface area contributed by atoms with Crippen molar-refractivity contribution in [2.45, 2.75) is 12.2 Å². The molecule has 0 bridgehead atoms. The van der Waals surface area contributed by atoms with Crippen LogP contribution in [0.3, 0.4) is 0 Å². The van der Waals surface area contributed by atoms with E-state index in [4.69, 9.17) is 20.4 Å². The van der Waals surface area contributed by atoms with E-state index in [9.17, 15) is 0 Å². The summed E-state index contributed by atoms with van der Waals surface area (Å²) in [4.78, 5) is 0. The van der Waals surface area contributed by atoms with Gasteiger partial charge in [0.25, 0.3) is 0 Å². The molecule has 8 N–H and O–H groups in total. The molecule has 0 aromatic carbocycles. The van der Waals surface area contributed by atoms with E-state index in [0.29, 0.717) is 0 Å². The lowest BCUT2D eigenvalue weighted by atomic mass is 10.5. The minimum atomic E-state index is -3.17. The summed E-state index contributed by atoms with van der Waals surface area (Å²) in [6.07, 6.45) is -2.03. The van der Waals surface area contributed by atoms with E-state index in [1.807, 2.05) is 0 Å². The summed E-state index contributed by atoms with van der Waals surface area (Å²) < 4.78 is 0. The fourth-order valence-corrected chi connectivity index (χ4v) is 0. The Labute approximate surface area is 45.1 Å². The molecule has 0 spiro atoms. The van der Waals surface area contributed by atoms with Crippen molar-refractivity contribution in [1.82, 2.24) is 0 Å². The molecule has 0 radical (unpaired) electrons. The molecule has 0 saturated heterocycles. The van der Waals surface area contributed by atoms with Crippen molar-refractivity contribution in [3.05, 3.63) is 0 Å². The molecule has 0 fully saturated rings. The van der Waals surface area contributed by atoms with Crippen LogP contribution in [0.25, 0.3) is 0 Å². The Morgan fingerprint density at radius 2 is 1.38 bits per heavy atom. The van der Waals surface area contributed by atoms with Crippen LogP contribution >= 0.6 is 0 Å². The lowest BCUT2D eigenvalue weighted by Gasteiger charge is -2.15. The Morgan fingerprint density at radius 1 is 1.25 bits per heavy atom. The Balaban J connectivity index is 0. The maximum absolute atomic E-state index is 7.92. The fraction of sp³-hybridized carbons (Fsp3) is 1.00. The van der Waals surface area contributed by atoms with Crippen molar-refractivity contribution < 1.29 is 25.9 Å². The van der Waals surface area contributed by atoms with Gasteiger partial charge in [0.05, 0.1) is 0 Å². The summed E-state index contributed by atoms with van der Waals surface area (Å²) in [5.41, 5.74) is 4.38. The highest BCUT2D eigenvalue weighted by Gasteiger charge is 2.25. The van der Waals surface area contributed by atoms with E-state index in [1.165, 1.54) is 0 Å². The zero-order valence-electron chi connectivity index (χ0n) is 3.94. The average molecular weight is 127 g/mol. The number of aliphatic hydroxyl groups excluding tert-OH is 1. The van der Waals surface area contributed by atoms with Gasteiger partial charge in [-0.3, -0.25) is 5.73 Å². The van der Waals surface area contributed by atoms with Gasteiger partial charge in [0, 0.05) is 0 Å². The highest BCUT2D eigenvalue weighted by atomic mass is 16.7. The molecule has 0 aromatic rings. The van der Waals surface area contributed by atoms with Crippen LogP contribution in [0.4, 0.5) is 0 Å². The molecule has 1 atom stereocenters. The van der Waals surface area contributed by atoms with Crippen LogP contribution in [0.5, 0.6) is 0 Å². The quantitative estimate of drug-likeness (QED) is 0.229. The highest BCUT2D eigenvalue weighted by molar-refractivity contribution is 4.50. The average Bonchev–Trinajstić information content (AvgIpc) is 1.31. The standard InChI is InChI=1S/C2H7NO4.H2O/c3-1(4)2(5,6)7;/h1,4-7H,3H2;1H2. The van der Waals surface area contributed by atoms with Gasteiger partial charge >= 0.3 is 5.97 Å². The molecule has 0 saturated carbocycles. The Hall–Kier alpha value is -0.240. The molecule has 6 heteroatoms. The van der Waals surface area contributed by atoms with Gasteiger partial charge < -0.3 is 25.9 Å². The molecule has 0 aliphatic rings. The van der Waals surface area contributed by atoms with Crippen molar-refractivity contribution in [3.63, 3.8) is 0 Å². The van der Waals surface area contributed by atoms with Gasteiger partial charge in [-0.05, 0) is 0 Å². The predicted molar refractivity (Wildman–Crippen MR) is 23.2 cm³/mol. The van der Waals surface area contributed by atoms with Crippen LogP contribution in [0, 0.1) is 0 Å². The number of hydrogen-bond donors (Lipinski definition) is 5. The van der Waals surface area contributed by atoms with Crippen molar-refractivity contribution in [1.29, 1.82) is 0 Å². The summed E-state index contributed by atoms with van der Waals surface area (Å²) >= 11 is 0. The number of rotatable bonds is 1. The Morgan fingerprint density at radius 3 is 1.38 bits per heavy atom. The molecule has 0 aliphatic carbocycles. The van der Waals surface area contributed by atoms with E-state index in [1.54, 1.807) is 0 Å². The van der Waals surface area contributed by atoms with E-state index >= 15 is 0 Å². The summed E-state index contributed by atoms with van der Waals surface area (Å²) in [6.45, 7) is 0. The second-order valence-corrected chi connectivity index (χ2v) is 1.13. The lowest BCUT2D eigenvalue weighted by Crippen LogP contribution is -2.47. The maximum atomic E-state index is 7.92. The molecule has 1 unspecified atom stereocenters. The number of nitrogens with two attached hydrogens (primary N) is 1. The zero-order valence-corrected chi connectivity index (χ0v) is 3.94. The molecular weight excluding hydrogens is 118 g/mol. The SMILES string of the molecule is NC(O)C(O)(O)O.O. The largest absolute Gasteiger partial charge is 0.412 e. The molecule has 52 valence electrons. The first-order chi connectivity index (χ1) is 2.94. The van der Waals surface area contributed by atoms with Crippen LogP contribution in [0.2, 0.25) is 0 Å². The van der Waals surface area contributed by atoms with Crippen LogP contribution in [0.15, 0.2) is 0 Å².